The molecule has 0 atom stereocenters. The number of halogens is 1. The first-order valence-electron chi connectivity index (χ1n) is 8.60. The number of carbonyl (C=O) groups excluding carboxylic acids is 1. The van der Waals surface area contributed by atoms with Crippen LogP contribution in [-0.4, -0.2) is 36.0 Å². The standard InChI is InChI=1S/C18H14FN7OS3/c1-10-7-21-17(28-10)25-14(27)6-13-16(29-12-4-2-11(19)3-5-12)20-8-15(24-13)30-18-22-9-23-26-18/h2-5,7-9H,6H2,1H3,(H,21,25,27)(H,22,23,26). The van der Waals surface area contributed by atoms with Crippen LogP contribution >= 0.6 is 34.9 Å². The minimum Gasteiger partial charge on any atom is -0.302 e. The number of carbonyl (C=O) groups is 1. The van der Waals surface area contributed by atoms with Crippen LogP contribution in [0.1, 0.15) is 10.6 Å². The molecule has 0 fully saturated rings. The van der Waals surface area contributed by atoms with Crippen LogP contribution in [0.3, 0.4) is 0 Å². The molecule has 2 N–H and O–H groups in total. The Morgan fingerprint density at radius 3 is 2.70 bits per heavy atom. The fourth-order valence-corrected chi connectivity index (χ4v) is 4.51. The number of amides is 1. The summed E-state index contributed by atoms with van der Waals surface area (Å²) in [4.78, 5) is 31.6. The van der Waals surface area contributed by atoms with Crippen molar-refractivity contribution in [2.45, 2.75) is 33.4 Å². The number of aromatic nitrogens is 6. The lowest BCUT2D eigenvalue weighted by Crippen LogP contribution is -2.16. The van der Waals surface area contributed by atoms with Gasteiger partial charge in [0.05, 0.1) is 18.3 Å². The molecule has 4 aromatic rings. The third kappa shape index (κ3) is 5.40. The van der Waals surface area contributed by atoms with Gasteiger partial charge in [0.1, 0.15) is 22.2 Å². The Morgan fingerprint density at radius 1 is 1.17 bits per heavy atom. The number of nitrogens with one attached hydrogen (secondary N) is 2. The third-order valence-electron chi connectivity index (χ3n) is 3.60. The summed E-state index contributed by atoms with van der Waals surface area (Å²) < 4.78 is 13.2. The number of benzene rings is 1. The predicted octanol–water partition coefficient (Wildman–Crippen LogP) is 3.98. The Kier molecular flexibility index (Phi) is 6.35. The topological polar surface area (TPSA) is 109 Å². The van der Waals surface area contributed by atoms with Crippen LogP contribution in [0.25, 0.3) is 0 Å². The Labute approximate surface area is 183 Å². The quantitative estimate of drug-likeness (QED) is 0.427. The maximum absolute atomic E-state index is 13.2. The molecular formula is C18H14FN7OS3. The van der Waals surface area contributed by atoms with Crippen LogP contribution in [0.15, 0.2) is 63.1 Å². The molecule has 0 radical (unpaired) electrons. The highest BCUT2D eigenvalue weighted by Crippen LogP contribution is 2.31. The molecule has 0 unspecified atom stereocenters. The molecule has 12 heteroatoms. The first-order chi connectivity index (χ1) is 14.5. The normalized spacial score (nSPS) is 10.9. The van der Waals surface area contributed by atoms with Crippen molar-refractivity contribution in [2.24, 2.45) is 0 Å². The largest absolute Gasteiger partial charge is 0.302 e. The van der Waals surface area contributed by atoms with Crippen molar-refractivity contribution in [1.29, 1.82) is 0 Å². The highest BCUT2D eigenvalue weighted by Gasteiger charge is 2.16. The number of rotatable bonds is 7. The molecule has 0 spiro atoms. The summed E-state index contributed by atoms with van der Waals surface area (Å²) in [6.45, 7) is 1.92. The van der Waals surface area contributed by atoms with E-state index in [1.807, 2.05) is 6.92 Å². The molecule has 8 nitrogen and oxygen atoms in total. The van der Waals surface area contributed by atoms with Crippen LogP contribution in [0.5, 0.6) is 0 Å². The number of anilines is 1. The van der Waals surface area contributed by atoms with Crippen molar-refractivity contribution in [3.05, 3.63) is 59.4 Å². The fourth-order valence-electron chi connectivity index (χ4n) is 2.33. The monoisotopic (exact) mass is 459 g/mol. The molecule has 0 aliphatic carbocycles. The zero-order valence-corrected chi connectivity index (χ0v) is 17.9. The smallest absolute Gasteiger partial charge is 0.232 e. The van der Waals surface area contributed by atoms with Gasteiger partial charge in [0, 0.05) is 16.0 Å². The highest BCUT2D eigenvalue weighted by atomic mass is 32.2. The zero-order valence-electron chi connectivity index (χ0n) is 15.5. The van der Waals surface area contributed by atoms with Gasteiger partial charge in [-0.25, -0.2) is 24.3 Å². The predicted molar refractivity (Wildman–Crippen MR) is 112 cm³/mol. The van der Waals surface area contributed by atoms with Gasteiger partial charge >= 0.3 is 0 Å². The molecule has 0 aliphatic rings. The van der Waals surface area contributed by atoms with Gasteiger partial charge in [-0.15, -0.1) is 11.3 Å². The van der Waals surface area contributed by atoms with E-state index >= 15 is 0 Å². The second kappa shape index (κ2) is 9.32. The van der Waals surface area contributed by atoms with Crippen molar-refractivity contribution in [1.82, 2.24) is 30.1 Å². The molecule has 0 bridgehead atoms. The van der Waals surface area contributed by atoms with Gasteiger partial charge in [0.2, 0.25) is 5.91 Å². The summed E-state index contributed by atoms with van der Waals surface area (Å²) in [6, 6.07) is 6.06. The molecule has 30 heavy (non-hydrogen) atoms. The van der Waals surface area contributed by atoms with Crippen LogP contribution < -0.4 is 5.32 Å². The lowest BCUT2D eigenvalue weighted by atomic mass is 10.3. The van der Waals surface area contributed by atoms with E-state index in [0.29, 0.717) is 26.0 Å². The van der Waals surface area contributed by atoms with E-state index in [0.717, 1.165) is 9.77 Å². The summed E-state index contributed by atoms with van der Waals surface area (Å²) in [7, 11) is 0. The Balaban J connectivity index is 1.57. The first kappa shape index (κ1) is 20.4. The molecule has 3 aromatic heterocycles. The van der Waals surface area contributed by atoms with E-state index in [1.165, 1.54) is 53.3 Å². The average Bonchev–Trinajstić information content (AvgIpc) is 3.37. The molecule has 0 aliphatic heterocycles. The summed E-state index contributed by atoms with van der Waals surface area (Å²) >= 11 is 3.97. The zero-order chi connectivity index (χ0) is 20.9. The molecule has 152 valence electrons. The molecule has 4 rings (SSSR count). The van der Waals surface area contributed by atoms with E-state index in [-0.39, 0.29) is 18.1 Å². The minimum absolute atomic E-state index is 0.0138. The molecule has 1 amide bonds. The van der Waals surface area contributed by atoms with Gasteiger partial charge < -0.3 is 5.32 Å². The van der Waals surface area contributed by atoms with Gasteiger partial charge in [-0.2, -0.15) is 5.10 Å². The second-order valence-electron chi connectivity index (χ2n) is 5.91. The SMILES string of the molecule is Cc1cnc(NC(=O)Cc2nc(Sc3ncn[nH]3)cnc2Sc2ccc(F)cc2)s1. The third-order valence-corrected chi connectivity index (χ3v) is 6.27. The number of nitrogens with zero attached hydrogens (tertiary/aromatic N) is 5. The number of thiazole rings is 1. The van der Waals surface area contributed by atoms with Gasteiger partial charge in [0.15, 0.2) is 10.3 Å². The lowest BCUT2D eigenvalue weighted by Gasteiger charge is -2.09. The van der Waals surface area contributed by atoms with E-state index in [9.17, 15) is 9.18 Å². The number of aromatic amines is 1. The maximum atomic E-state index is 13.2. The van der Waals surface area contributed by atoms with Crippen molar-refractivity contribution < 1.29 is 9.18 Å². The van der Waals surface area contributed by atoms with Gasteiger partial charge in [0.25, 0.3) is 0 Å². The molecular weight excluding hydrogens is 445 g/mol. The van der Waals surface area contributed by atoms with Gasteiger partial charge in [-0.05, 0) is 43.0 Å². The average molecular weight is 460 g/mol. The Bertz CT molecular complexity index is 1150. The molecule has 0 saturated carbocycles. The minimum atomic E-state index is -0.317. The number of aryl methyl sites for hydroxylation is 1. The van der Waals surface area contributed by atoms with E-state index in [1.54, 1.807) is 24.5 Å². The maximum Gasteiger partial charge on any atom is 0.232 e. The number of hydrogen-bond donors (Lipinski definition) is 2. The van der Waals surface area contributed by atoms with Crippen LogP contribution in [0.2, 0.25) is 0 Å². The molecule has 3 heterocycles. The summed E-state index contributed by atoms with van der Waals surface area (Å²) in [5.41, 5.74) is 0.500. The van der Waals surface area contributed by atoms with Crippen molar-refractivity contribution in [3.63, 3.8) is 0 Å². The number of hydrogen-bond acceptors (Lipinski definition) is 9. The Morgan fingerprint density at radius 2 is 2.00 bits per heavy atom. The van der Waals surface area contributed by atoms with Gasteiger partial charge in [-0.3, -0.25) is 9.89 Å². The van der Waals surface area contributed by atoms with Crippen LogP contribution in [0.4, 0.5) is 9.52 Å². The van der Waals surface area contributed by atoms with Crippen molar-refractivity contribution in [2.75, 3.05) is 5.32 Å². The fraction of sp³-hybridized carbons (Fsp3) is 0.111. The van der Waals surface area contributed by atoms with Crippen molar-refractivity contribution in [3.8, 4) is 0 Å². The highest BCUT2D eigenvalue weighted by molar-refractivity contribution is 7.99. The van der Waals surface area contributed by atoms with E-state index in [2.05, 4.69) is 35.5 Å². The lowest BCUT2D eigenvalue weighted by molar-refractivity contribution is -0.115. The van der Waals surface area contributed by atoms with Crippen LogP contribution in [0, 0.1) is 12.7 Å². The summed E-state index contributed by atoms with van der Waals surface area (Å²) in [6.07, 6.45) is 4.72. The first-order valence-corrected chi connectivity index (χ1v) is 11.0. The second-order valence-corrected chi connectivity index (χ2v) is 9.22. The summed E-state index contributed by atoms with van der Waals surface area (Å²) in [5, 5.41) is 11.6. The van der Waals surface area contributed by atoms with E-state index < -0.39 is 0 Å². The van der Waals surface area contributed by atoms with E-state index in [4.69, 9.17) is 0 Å². The van der Waals surface area contributed by atoms with Crippen LogP contribution in [-0.2, 0) is 11.2 Å². The van der Waals surface area contributed by atoms with Crippen molar-refractivity contribution >= 4 is 45.9 Å². The molecule has 1 aromatic carbocycles. The number of H-pyrrole nitrogens is 1. The Hall–Kier alpha value is -2.83. The summed E-state index contributed by atoms with van der Waals surface area (Å²) in [5.74, 6) is -0.566. The molecule has 0 saturated heterocycles. The van der Waals surface area contributed by atoms with Gasteiger partial charge in [-0.1, -0.05) is 11.8 Å².